The van der Waals surface area contributed by atoms with Gasteiger partial charge in [-0.1, -0.05) is 18.2 Å². The van der Waals surface area contributed by atoms with E-state index in [4.69, 9.17) is 4.74 Å². The fourth-order valence-corrected chi connectivity index (χ4v) is 3.21. The minimum atomic E-state index is -0.219. The molecule has 0 saturated carbocycles. The normalized spacial score (nSPS) is 17.0. The molecule has 1 aliphatic rings. The highest BCUT2D eigenvalue weighted by atomic mass is 79.9. The molecule has 0 bridgehead atoms. The summed E-state index contributed by atoms with van der Waals surface area (Å²) in [5.74, 6) is 0.495. The minimum Gasteiger partial charge on any atom is -0.497 e. The third-order valence-corrected chi connectivity index (χ3v) is 4.64. The van der Waals surface area contributed by atoms with Gasteiger partial charge in [0.15, 0.2) is 0 Å². The Labute approximate surface area is 148 Å². The number of hydrogen-bond donors (Lipinski definition) is 1. The number of hydrogen-bond acceptors (Lipinski definition) is 3. The molecule has 124 valence electrons. The van der Waals surface area contributed by atoms with Gasteiger partial charge in [0, 0.05) is 29.2 Å². The van der Waals surface area contributed by atoms with Crippen LogP contribution in [0.5, 0.6) is 5.75 Å². The lowest BCUT2D eigenvalue weighted by Crippen LogP contribution is -2.37. The van der Waals surface area contributed by atoms with Gasteiger partial charge in [0.2, 0.25) is 5.91 Å². The molecule has 1 atom stereocenters. The van der Waals surface area contributed by atoms with Crippen LogP contribution < -0.4 is 15.0 Å². The molecule has 0 radical (unpaired) electrons. The fourth-order valence-electron chi connectivity index (χ4n) is 2.74. The Morgan fingerprint density at radius 3 is 2.79 bits per heavy atom. The molecule has 1 saturated heterocycles. The molecule has 6 heteroatoms. The van der Waals surface area contributed by atoms with Gasteiger partial charge in [-0.05, 0) is 40.2 Å². The summed E-state index contributed by atoms with van der Waals surface area (Å²) in [5, 5.41) is 2.93. The first-order valence-corrected chi connectivity index (χ1v) is 8.37. The number of nitrogens with one attached hydrogen (secondary N) is 1. The summed E-state index contributed by atoms with van der Waals surface area (Å²) in [6.07, 6.45) is 0.285. The summed E-state index contributed by atoms with van der Waals surface area (Å²) in [4.78, 5) is 26.3. The van der Waals surface area contributed by atoms with Gasteiger partial charge in [-0.25, -0.2) is 0 Å². The zero-order valence-electron chi connectivity index (χ0n) is 13.2. The van der Waals surface area contributed by atoms with E-state index >= 15 is 0 Å². The van der Waals surface area contributed by atoms with Crippen LogP contribution in [-0.2, 0) is 4.79 Å². The highest BCUT2D eigenvalue weighted by molar-refractivity contribution is 9.10. The lowest BCUT2D eigenvalue weighted by Gasteiger charge is -2.18. The summed E-state index contributed by atoms with van der Waals surface area (Å²) < 4.78 is 5.93. The number of rotatable bonds is 4. The maximum absolute atomic E-state index is 12.4. The largest absolute Gasteiger partial charge is 0.497 e. The number of benzene rings is 2. The second-order valence-electron chi connectivity index (χ2n) is 5.56. The molecule has 0 unspecified atom stereocenters. The smallest absolute Gasteiger partial charge is 0.252 e. The van der Waals surface area contributed by atoms with Crippen LogP contribution in [0.3, 0.4) is 0 Å². The van der Waals surface area contributed by atoms with Crippen molar-refractivity contribution < 1.29 is 14.3 Å². The van der Waals surface area contributed by atoms with Gasteiger partial charge >= 0.3 is 0 Å². The molecule has 2 aromatic carbocycles. The zero-order valence-corrected chi connectivity index (χ0v) is 14.7. The van der Waals surface area contributed by atoms with E-state index in [2.05, 4.69) is 21.2 Å². The van der Waals surface area contributed by atoms with Crippen LogP contribution in [-0.4, -0.2) is 31.5 Å². The first-order chi connectivity index (χ1) is 11.6. The second kappa shape index (κ2) is 7.05. The van der Waals surface area contributed by atoms with Crippen molar-refractivity contribution in [1.29, 1.82) is 0 Å². The summed E-state index contributed by atoms with van der Waals surface area (Å²) in [7, 11) is 1.59. The maximum atomic E-state index is 12.4. The number of carbonyl (C=O) groups excluding carboxylic acids is 2. The lowest BCUT2D eigenvalue weighted by molar-refractivity contribution is -0.117. The molecule has 1 fully saturated rings. The Hall–Kier alpha value is -2.34. The van der Waals surface area contributed by atoms with Crippen molar-refractivity contribution in [3.8, 4) is 5.75 Å². The average molecular weight is 389 g/mol. The van der Waals surface area contributed by atoms with Gasteiger partial charge < -0.3 is 15.0 Å². The molecule has 2 amide bonds. The predicted octanol–water partition coefficient (Wildman–Crippen LogP) is 2.99. The van der Waals surface area contributed by atoms with Crippen LogP contribution in [0.1, 0.15) is 16.8 Å². The lowest BCUT2D eigenvalue weighted by atomic mass is 10.2. The zero-order chi connectivity index (χ0) is 17.1. The molecule has 1 N–H and O–H groups in total. The van der Waals surface area contributed by atoms with Crippen LogP contribution in [0.15, 0.2) is 53.0 Å². The van der Waals surface area contributed by atoms with Gasteiger partial charge in [0.05, 0.1) is 18.7 Å². The van der Waals surface area contributed by atoms with Crippen LogP contribution in [0, 0.1) is 0 Å². The second-order valence-corrected chi connectivity index (χ2v) is 6.41. The van der Waals surface area contributed by atoms with E-state index in [0.717, 1.165) is 10.2 Å². The molecule has 1 heterocycles. The van der Waals surface area contributed by atoms with E-state index in [1.54, 1.807) is 18.1 Å². The third kappa shape index (κ3) is 3.43. The number of amides is 2. The van der Waals surface area contributed by atoms with E-state index < -0.39 is 0 Å². The molecular formula is C18H17BrN2O3. The number of ether oxygens (including phenoxy) is 1. The van der Waals surface area contributed by atoms with Gasteiger partial charge in [0.1, 0.15) is 5.75 Å². The standard InChI is InChI=1S/C18H17BrN2O3/c1-24-14-6-4-5-13(10-14)21-11-12(9-17(21)22)20-18(23)15-7-2-3-8-16(15)19/h2-8,10,12H,9,11H2,1H3,(H,20,23)/t12-/m0/s1. The number of halogens is 1. The minimum absolute atomic E-state index is 0.0133. The van der Waals surface area contributed by atoms with Crippen molar-refractivity contribution in [2.24, 2.45) is 0 Å². The molecular weight excluding hydrogens is 372 g/mol. The van der Waals surface area contributed by atoms with Crippen molar-refractivity contribution in [2.75, 3.05) is 18.6 Å². The van der Waals surface area contributed by atoms with Crippen LogP contribution >= 0.6 is 15.9 Å². The average Bonchev–Trinajstić information content (AvgIpc) is 2.95. The Morgan fingerprint density at radius 2 is 2.04 bits per heavy atom. The number of nitrogens with zero attached hydrogens (tertiary/aromatic N) is 1. The highest BCUT2D eigenvalue weighted by Crippen LogP contribution is 2.25. The molecule has 0 spiro atoms. The third-order valence-electron chi connectivity index (χ3n) is 3.94. The van der Waals surface area contributed by atoms with Gasteiger partial charge in [-0.3, -0.25) is 9.59 Å². The molecule has 2 aromatic rings. The molecule has 3 rings (SSSR count). The fraction of sp³-hybridized carbons (Fsp3) is 0.222. The Balaban J connectivity index is 1.71. The van der Waals surface area contributed by atoms with Crippen molar-refractivity contribution in [3.63, 3.8) is 0 Å². The maximum Gasteiger partial charge on any atom is 0.252 e. The van der Waals surface area contributed by atoms with E-state index in [0.29, 0.717) is 17.9 Å². The van der Waals surface area contributed by atoms with Gasteiger partial charge in [0.25, 0.3) is 5.91 Å². The molecule has 5 nitrogen and oxygen atoms in total. The monoisotopic (exact) mass is 388 g/mol. The van der Waals surface area contributed by atoms with Gasteiger partial charge in [-0.15, -0.1) is 0 Å². The van der Waals surface area contributed by atoms with Crippen molar-refractivity contribution >= 4 is 33.4 Å². The van der Waals surface area contributed by atoms with E-state index in [9.17, 15) is 9.59 Å². The molecule has 1 aliphatic heterocycles. The summed E-state index contributed by atoms with van der Waals surface area (Å²) in [6, 6.07) is 14.3. The summed E-state index contributed by atoms with van der Waals surface area (Å²) in [5.41, 5.74) is 1.33. The van der Waals surface area contributed by atoms with E-state index in [1.165, 1.54) is 0 Å². The predicted molar refractivity (Wildman–Crippen MR) is 95.4 cm³/mol. The van der Waals surface area contributed by atoms with Crippen LogP contribution in [0.25, 0.3) is 0 Å². The summed E-state index contributed by atoms with van der Waals surface area (Å²) in [6.45, 7) is 0.447. The summed E-state index contributed by atoms with van der Waals surface area (Å²) >= 11 is 3.37. The number of anilines is 1. The van der Waals surface area contributed by atoms with Crippen molar-refractivity contribution in [2.45, 2.75) is 12.5 Å². The van der Waals surface area contributed by atoms with E-state index in [1.807, 2.05) is 42.5 Å². The van der Waals surface area contributed by atoms with Crippen LogP contribution in [0.2, 0.25) is 0 Å². The van der Waals surface area contributed by atoms with Crippen LogP contribution in [0.4, 0.5) is 5.69 Å². The molecule has 24 heavy (non-hydrogen) atoms. The highest BCUT2D eigenvalue weighted by Gasteiger charge is 2.32. The molecule has 0 aromatic heterocycles. The Bertz CT molecular complexity index is 778. The van der Waals surface area contributed by atoms with Crippen molar-refractivity contribution in [1.82, 2.24) is 5.32 Å². The molecule has 0 aliphatic carbocycles. The SMILES string of the molecule is COc1cccc(N2C[C@@H](NC(=O)c3ccccc3Br)CC2=O)c1. The first-order valence-electron chi connectivity index (χ1n) is 7.58. The number of methoxy groups -OCH3 is 1. The first kappa shape index (κ1) is 16.5. The van der Waals surface area contributed by atoms with Crippen molar-refractivity contribution in [3.05, 3.63) is 58.6 Å². The quantitative estimate of drug-likeness (QED) is 0.875. The Kier molecular flexibility index (Phi) is 4.85. The Morgan fingerprint density at radius 1 is 1.25 bits per heavy atom. The topological polar surface area (TPSA) is 58.6 Å². The van der Waals surface area contributed by atoms with Gasteiger partial charge in [-0.2, -0.15) is 0 Å². The van der Waals surface area contributed by atoms with E-state index in [-0.39, 0.29) is 24.3 Å². The number of carbonyl (C=O) groups is 2.